The van der Waals surface area contributed by atoms with Gasteiger partial charge >= 0.3 is 12.2 Å². The second-order valence-electron chi connectivity index (χ2n) is 13.9. The van der Waals surface area contributed by atoms with Crippen molar-refractivity contribution in [3.8, 4) is 0 Å². The summed E-state index contributed by atoms with van der Waals surface area (Å²) in [7, 11) is 0. The highest BCUT2D eigenvalue weighted by molar-refractivity contribution is 5.87. The van der Waals surface area contributed by atoms with Gasteiger partial charge in [0.25, 0.3) is 0 Å². The number of carbonyl (C=O) groups excluding carboxylic acids is 4. The quantitative estimate of drug-likeness (QED) is 0.0901. The third-order valence-corrected chi connectivity index (χ3v) is 8.78. The van der Waals surface area contributed by atoms with Crippen molar-refractivity contribution in [1.82, 2.24) is 21.3 Å². The Labute approximate surface area is 313 Å². The highest BCUT2D eigenvalue weighted by Gasteiger charge is 2.31. The normalized spacial score (nSPS) is 13.2. The summed E-state index contributed by atoms with van der Waals surface area (Å²) in [6.45, 7) is 7.58. The van der Waals surface area contributed by atoms with E-state index in [1.54, 1.807) is 0 Å². The van der Waals surface area contributed by atoms with Crippen LogP contribution in [0.15, 0.2) is 121 Å². The SMILES string of the molecule is CC(C)[C@H](NC(=O)OCc1ccccc1)C(=O)NC(Cc1ccccc1)CC(Cc1ccccc1)NC(=O)[C@@H](NC(=O)OCc1ccccc1)C(C)C. The molecule has 4 amide bonds. The van der Waals surface area contributed by atoms with Gasteiger partial charge in [-0.15, -0.1) is 0 Å². The molecule has 0 heterocycles. The zero-order valence-corrected chi connectivity index (χ0v) is 31.0. The summed E-state index contributed by atoms with van der Waals surface area (Å²) >= 11 is 0. The predicted molar refractivity (Wildman–Crippen MR) is 206 cm³/mol. The molecule has 280 valence electrons. The molecule has 4 N–H and O–H groups in total. The minimum Gasteiger partial charge on any atom is -0.445 e. The van der Waals surface area contributed by atoms with Crippen LogP contribution in [-0.4, -0.2) is 48.2 Å². The lowest BCUT2D eigenvalue weighted by atomic mass is 9.93. The summed E-state index contributed by atoms with van der Waals surface area (Å²) in [6.07, 6.45) is -0.0472. The molecule has 4 rings (SSSR count). The number of nitrogens with one attached hydrogen (secondary N) is 4. The molecule has 0 aliphatic rings. The Morgan fingerprint density at radius 1 is 0.453 bits per heavy atom. The molecular formula is C43H52N4O6. The van der Waals surface area contributed by atoms with Crippen LogP contribution in [0.3, 0.4) is 0 Å². The Morgan fingerprint density at radius 2 is 0.755 bits per heavy atom. The van der Waals surface area contributed by atoms with E-state index >= 15 is 0 Å². The fourth-order valence-electron chi connectivity index (χ4n) is 5.96. The Balaban J connectivity index is 1.50. The lowest BCUT2D eigenvalue weighted by molar-refractivity contribution is -0.124. The van der Waals surface area contributed by atoms with Crippen molar-refractivity contribution in [2.45, 2.75) is 84.3 Å². The molecule has 0 radical (unpaired) electrons. The summed E-state index contributed by atoms with van der Waals surface area (Å²) in [6, 6.07) is 35.6. The van der Waals surface area contributed by atoms with Gasteiger partial charge in [0.15, 0.2) is 0 Å². The molecule has 2 unspecified atom stereocenters. The van der Waals surface area contributed by atoms with Gasteiger partial charge < -0.3 is 30.7 Å². The molecule has 0 bridgehead atoms. The van der Waals surface area contributed by atoms with Crippen LogP contribution >= 0.6 is 0 Å². The molecular weight excluding hydrogens is 668 g/mol. The number of hydrogen-bond acceptors (Lipinski definition) is 6. The predicted octanol–water partition coefficient (Wildman–Crippen LogP) is 6.73. The lowest BCUT2D eigenvalue weighted by Crippen LogP contribution is -2.55. The maximum absolute atomic E-state index is 13.9. The van der Waals surface area contributed by atoms with Crippen LogP contribution in [0.4, 0.5) is 9.59 Å². The standard InChI is InChI=1S/C43H52N4O6/c1-30(2)38(46-42(50)52-28-34-21-13-7-14-22-34)40(48)44-36(25-32-17-9-5-10-18-32)27-37(26-33-19-11-6-12-20-33)45-41(49)39(31(3)4)47-43(51)53-29-35-23-15-8-16-24-35/h5-24,30-31,36-39H,25-29H2,1-4H3,(H,44,48)(H,45,49)(H,46,50)(H,47,51)/t36?,37?,38-,39-/m0/s1. The fourth-order valence-corrected chi connectivity index (χ4v) is 5.96. The van der Waals surface area contributed by atoms with Crippen molar-refractivity contribution in [2.24, 2.45) is 11.8 Å². The molecule has 0 aromatic heterocycles. The van der Waals surface area contributed by atoms with E-state index in [4.69, 9.17) is 9.47 Å². The van der Waals surface area contributed by atoms with Gasteiger partial charge in [-0.1, -0.05) is 149 Å². The summed E-state index contributed by atoms with van der Waals surface area (Å²) in [4.78, 5) is 53.5. The van der Waals surface area contributed by atoms with Gasteiger partial charge in [0, 0.05) is 12.1 Å². The van der Waals surface area contributed by atoms with Gasteiger partial charge in [0.1, 0.15) is 25.3 Å². The Bertz CT molecular complexity index is 1580. The second-order valence-corrected chi connectivity index (χ2v) is 13.9. The molecule has 0 spiro atoms. The smallest absolute Gasteiger partial charge is 0.408 e. The van der Waals surface area contributed by atoms with Gasteiger partial charge in [-0.25, -0.2) is 9.59 Å². The molecule has 0 aliphatic heterocycles. The van der Waals surface area contributed by atoms with Crippen LogP contribution in [0.2, 0.25) is 0 Å². The summed E-state index contributed by atoms with van der Waals surface area (Å²) in [5.74, 6) is -1.19. The van der Waals surface area contributed by atoms with E-state index in [9.17, 15) is 19.2 Å². The first-order chi connectivity index (χ1) is 25.6. The van der Waals surface area contributed by atoms with Crippen molar-refractivity contribution in [3.63, 3.8) is 0 Å². The molecule has 4 aromatic rings. The number of benzene rings is 4. The zero-order valence-electron chi connectivity index (χ0n) is 31.0. The van der Waals surface area contributed by atoms with Gasteiger partial charge in [-0.3, -0.25) is 9.59 Å². The molecule has 0 saturated carbocycles. The summed E-state index contributed by atoms with van der Waals surface area (Å²) in [5.41, 5.74) is 3.67. The number of hydrogen-bond donors (Lipinski definition) is 4. The van der Waals surface area contributed by atoms with Crippen LogP contribution in [0.5, 0.6) is 0 Å². The fraction of sp³-hybridized carbons (Fsp3) is 0.349. The average Bonchev–Trinajstić information content (AvgIpc) is 3.15. The Kier molecular flexibility index (Phi) is 15.9. The van der Waals surface area contributed by atoms with E-state index in [0.717, 1.165) is 22.3 Å². The monoisotopic (exact) mass is 720 g/mol. The van der Waals surface area contributed by atoms with E-state index in [2.05, 4.69) is 21.3 Å². The molecule has 0 fully saturated rings. The Morgan fingerprint density at radius 3 is 1.06 bits per heavy atom. The molecule has 4 atom stereocenters. The van der Waals surface area contributed by atoms with E-state index < -0.39 is 36.4 Å². The number of alkyl carbamates (subject to hydrolysis) is 2. The van der Waals surface area contributed by atoms with E-state index in [1.165, 1.54) is 0 Å². The summed E-state index contributed by atoms with van der Waals surface area (Å²) in [5, 5.41) is 11.9. The molecule has 53 heavy (non-hydrogen) atoms. The minimum absolute atomic E-state index is 0.0770. The highest BCUT2D eigenvalue weighted by atomic mass is 16.6. The van der Waals surface area contributed by atoms with E-state index in [-0.39, 0.29) is 36.9 Å². The van der Waals surface area contributed by atoms with Gasteiger partial charge in [-0.2, -0.15) is 0 Å². The molecule has 4 aromatic carbocycles. The van der Waals surface area contributed by atoms with E-state index in [0.29, 0.717) is 19.3 Å². The van der Waals surface area contributed by atoms with Crippen molar-refractivity contribution in [2.75, 3.05) is 0 Å². The number of ether oxygens (including phenoxy) is 2. The largest absolute Gasteiger partial charge is 0.445 e. The third kappa shape index (κ3) is 14.1. The first-order valence-corrected chi connectivity index (χ1v) is 18.2. The van der Waals surface area contributed by atoms with Crippen LogP contribution in [0, 0.1) is 11.8 Å². The highest BCUT2D eigenvalue weighted by Crippen LogP contribution is 2.15. The molecule has 10 nitrogen and oxygen atoms in total. The van der Waals surface area contributed by atoms with Crippen LogP contribution in [0.25, 0.3) is 0 Å². The maximum atomic E-state index is 13.9. The third-order valence-electron chi connectivity index (χ3n) is 8.78. The first kappa shape index (κ1) is 40.1. The van der Waals surface area contributed by atoms with Crippen LogP contribution in [0.1, 0.15) is 56.4 Å². The topological polar surface area (TPSA) is 135 Å². The van der Waals surface area contributed by atoms with Gasteiger partial charge in [0.2, 0.25) is 11.8 Å². The first-order valence-electron chi connectivity index (χ1n) is 18.2. The van der Waals surface area contributed by atoms with Gasteiger partial charge in [-0.05, 0) is 53.4 Å². The molecule has 0 saturated heterocycles. The van der Waals surface area contributed by atoms with Crippen molar-refractivity contribution in [3.05, 3.63) is 144 Å². The van der Waals surface area contributed by atoms with Crippen molar-refractivity contribution >= 4 is 24.0 Å². The van der Waals surface area contributed by atoms with Crippen molar-refractivity contribution < 1.29 is 28.7 Å². The average molecular weight is 721 g/mol. The number of amides is 4. The number of rotatable bonds is 18. The van der Waals surface area contributed by atoms with Crippen LogP contribution in [-0.2, 0) is 45.1 Å². The minimum atomic E-state index is -0.866. The van der Waals surface area contributed by atoms with Gasteiger partial charge in [0.05, 0.1) is 0 Å². The van der Waals surface area contributed by atoms with Crippen molar-refractivity contribution in [1.29, 1.82) is 0 Å². The summed E-state index contributed by atoms with van der Waals surface area (Å²) < 4.78 is 10.8. The van der Waals surface area contributed by atoms with E-state index in [1.807, 2.05) is 149 Å². The molecule has 0 aliphatic carbocycles. The zero-order chi connectivity index (χ0) is 38.0. The lowest BCUT2D eigenvalue weighted by Gasteiger charge is -2.30. The Hall–Kier alpha value is -5.64. The maximum Gasteiger partial charge on any atom is 0.408 e. The van der Waals surface area contributed by atoms with Crippen LogP contribution < -0.4 is 21.3 Å². The second kappa shape index (κ2) is 21.0. The molecule has 10 heteroatoms. The number of carbonyl (C=O) groups is 4.